The average Bonchev–Trinajstić information content (AvgIpc) is 2.28. The molecule has 0 aromatic heterocycles. The Morgan fingerprint density at radius 1 is 1.82 bits per heavy atom. The number of alkyl carbamates (subject to hydrolysis) is 1. The van der Waals surface area contributed by atoms with Crippen molar-refractivity contribution in [2.75, 3.05) is 0 Å². The summed E-state index contributed by atoms with van der Waals surface area (Å²) in [5.41, 5.74) is 1.92. The van der Waals surface area contributed by atoms with Crippen molar-refractivity contribution in [3.8, 4) is 0 Å². The number of nitrogens with one attached hydrogen (secondary N) is 2. The first-order chi connectivity index (χ1) is 5.15. The number of ether oxygens (including phenoxy) is 1. The van der Waals surface area contributed by atoms with E-state index in [0.717, 1.165) is 0 Å². The standard InChI is InChI=1S/C5H9N3O3/c1-2-3(4(9)8-6)7-5(10)11-2/h2-3H,6H2,1H3,(H,7,10)(H,8,9)/t2-,3+/m1/s1. The first-order valence-electron chi connectivity index (χ1n) is 3.12. The maximum Gasteiger partial charge on any atom is 0.408 e. The van der Waals surface area contributed by atoms with Crippen LogP contribution >= 0.6 is 0 Å². The highest BCUT2D eigenvalue weighted by atomic mass is 16.6. The zero-order valence-electron chi connectivity index (χ0n) is 5.96. The van der Waals surface area contributed by atoms with Crippen LogP contribution in [0.2, 0.25) is 0 Å². The van der Waals surface area contributed by atoms with Gasteiger partial charge in [0.25, 0.3) is 5.91 Å². The van der Waals surface area contributed by atoms with Crippen molar-refractivity contribution in [3.63, 3.8) is 0 Å². The smallest absolute Gasteiger partial charge is 0.408 e. The van der Waals surface area contributed by atoms with Gasteiger partial charge in [-0.3, -0.25) is 10.2 Å². The summed E-state index contributed by atoms with van der Waals surface area (Å²) in [6.45, 7) is 1.61. The number of carbonyl (C=O) groups excluding carboxylic acids is 2. The van der Waals surface area contributed by atoms with Crippen molar-refractivity contribution in [2.45, 2.75) is 19.1 Å². The van der Waals surface area contributed by atoms with E-state index in [-0.39, 0.29) is 0 Å². The molecular formula is C5H9N3O3. The Morgan fingerprint density at radius 2 is 2.45 bits per heavy atom. The molecule has 1 aliphatic heterocycles. The van der Waals surface area contributed by atoms with Crippen LogP contribution in [0.4, 0.5) is 4.79 Å². The Labute approximate surface area is 63.0 Å². The minimum absolute atomic E-state index is 0.455. The first kappa shape index (κ1) is 7.80. The van der Waals surface area contributed by atoms with E-state index < -0.39 is 24.1 Å². The van der Waals surface area contributed by atoms with Gasteiger partial charge in [-0.2, -0.15) is 0 Å². The molecule has 2 amide bonds. The molecule has 1 rings (SSSR count). The van der Waals surface area contributed by atoms with Gasteiger partial charge in [-0.25, -0.2) is 10.6 Å². The normalized spacial score (nSPS) is 29.1. The van der Waals surface area contributed by atoms with Gasteiger partial charge in [-0.15, -0.1) is 0 Å². The number of carbonyl (C=O) groups is 2. The number of cyclic esters (lactones) is 1. The van der Waals surface area contributed by atoms with E-state index in [1.54, 1.807) is 6.92 Å². The minimum Gasteiger partial charge on any atom is -0.444 e. The molecule has 6 nitrogen and oxygen atoms in total. The molecule has 0 aromatic rings. The van der Waals surface area contributed by atoms with E-state index >= 15 is 0 Å². The van der Waals surface area contributed by atoms with Gasteiger partial charge in [-0.1, -0.05) is 0 Å². The number of nitrogens with two attached hydrogens (primary N) is 1. The summed E-state index contributed by atoms with van der Waals surface area (Å²) in [5.74, 6) is 4.40. The van der Waals surface area contributed by atoms with Crippen molar-refractivity contribution in [3.05, 3.63) is 0 Å². The van der Waals surface area contributed by atoms with Crippen molar-refractivity contribution in [1.29, 1.82) is 0 Å². The number of hydrazine groups is 1. The molecule has 1 fully saturated rings. The average molecular weight is 159 g/mol. The van der Waals surface area contributed by atoms with Gasteiger partial charge in [0.05, 0.1) is 0 Å². The van der Waals surface area contributed by atoms with Gasteiger partial charge in [0, 0.05) is 0 Å². The van der Waals surface area contributed by atoms with Crippen molar-refractivity contribution in [2.24, 2.45) is 5.84 Å². The van der Waals surface area contributed by atoms with E-state index in [1.165, 1.54) is 0 Å². The summed E-state index contributed by atoms with van der Waals surface area (Å²) in [6.07, 6.45) is -1.06. The molecule has 1 aliphatic rings. The Morgan fingerprint density at radius 3 is 2.82 bits per heavy atom. The number of rotatable bonds is 1. The van der Waals surface area contributed by atoms with Crippen LogP contribution < -0.4 is 16.6 Å². The van der Waals surface area contributed by atoms with E-state index in [4.69, 9.17) is 5.84 Å². The summed E-state index contributed by atoms with van der Waals surface area (Å²) in [7, 11) is 0. The highest BCUT2D eigenvalue weighted by Crippen LogP contribution is 2.06. The van der Waals surface area contributed by atoms with E-state index in [2.05, 4.69) is 10.1 Å². The molecule has 2 atom stereocenters. The third-order valence-electron chi connectivity index (χ3n) is 1.46. The highest BCUT2D eigenvalue weighted by molar-refractivity contribution is 5.88. The number of hydrogen-bond acceptors (Lipinski definition) is 4. The van der Waals surface area contributed by atoms with Crippen LogP contribution in [0, 0.1) is 0 Å². The Hall–Kier alpha value is -1.30. The Balaban J connectivity index is 2.59. The van der Waals surface area contributed by atoms with Gasteiger partial charge in [0.1, 0.15) is 12.1 Å². The zero-order chi connectivity index (χ0) is 8.43. The molecule has 0 aliphatic carbocycles. The summed E-state index contributed by atoms with van der Waals surface area (Å²) in [4.78, 5) is 21.4. The predicted molar refractivity (Wildman–Crippen MR) is 35.2 cm³/mol. The zero-order valence-corrected chi connectivity index (χ0v) is 5.96. The lowest BCUT2D eigenvalue weighted by atomic mass is 10.2. The molecule has 0 aromatic carbocycles. The second-order valence-electron chi connectivity index (χ2n) is 2.24. The lowest BCUT2D eigenvalue weighted by molar-refractivity contribution is -0.123. The fraction of sp³-hybridized carbons (Fsp3) is 0.600. The van der Waals surface area contributed by atoms with Crippen LogP contribution in [-0.2, 0) is 9.53 Å². The third kappa shape index (κ3) is 1.40. The molecule has 0 bridgehead atoms. The van der Waals surface area contributed by atoms with Crippen LogP contribution in [0.1, 0.15) is 6.92 Å². The lowest BCUT2D eigenvalue weighted by Gasteiger charge is -2.09. The third-order valence-corrected chi connectivity index (χ3v) is 1.46. The maximum absolute atomic E-state index is 10.8. The van der Waals surface area contributed by atoms with E-state index in [1.807, 2.05) is 5.43 Å². The minimum atomic E-state index is -0.674. The highest BCUT2D eigenvalue weighted by Gasteiger charge is 2.35. The largest absolute Gasteiger partial charge is 0.444 e. The molecule has 1 saturated heterocycles. The fourth-order valence-corrected chi connectivity index (χ4v) is 0.884. The quantitative estimate of drug-likeness (QED) is 0.246. The van der Waals surface area contributed by atoms with Crippen LogP contribution in [0.15, 0.2) is 0 Å². The molecular weight excluding hydrogens is 150 g/mol. The van der Waals surface area contributed by atoms with Crippen LogP contribution in [0.25, 0.3) is 0 Å². The van der Waals surface area contributed by atoms with Crippen molar-refractivity contribution in [1.82, 2.24) is 10.7 Å². The van der Waals surface area contributed by atoms with E-state index in [9.17, 15) is 9.59 Å². The van der Waals surface area contributed by atoms with Gasteiger partial charge in [0.15, 0.2) is 0 Å². The summed E-state index contributed by atoms with van der Waals surface area (Å²) in [6, 6.07) is -0.674. The SMILES string of the molecule is C[C@H]1OC(=O)N[C@@H]1C(=O)NN. The van der Waals surface area contributed by atoms with Gasteiger partial charge < -0.3 is 10.1 Å². The second kappa shape index (κ2) is 2.75. The predicted octanol–water partition coefficient (Wildman–Crippen LogP) is -1.53. The number of hydrogen-bond donors (Lipinski definition) is 3. The molecule has 6 heteroatoms. The Kier molecular flexibility index (Phi) is 1.95. The van der Waals surface area contributed by atoms with Crippen molar-refractivity contribution >= 4 is 12.0 Å². The number of amides is 2. The van der Waals surface area contributed by atoms with Crippen molar-refractivity contribution < 1.29 is 14.3 Å². The van der Waals surface area contributed by atoms with Gasteiger partial charge in [-0.05, 0) is 6.92 Å². The molecule has 0 saturated carbocycles. The Bertz CT molecular complexity index is 193. The van der Waals surface area contributed by atoms with Crippen LogP contribution in [0.3, 0.4) is 0 Å². The monoisotopic (exact) mass is 159 g/mol. The molecule has 4 N–H and O–H groups in total. The van der Waals surface area contributed by atoms with Gasteiger partial charge in [0.2, 0.25) is 0 Å². The molecule has 0 radical (unpaired) electrons. The topological polar surface area (TPSA) is 93.4 Å². The summed E-state index contributed by atoms with van der Waals surface area (Å²) in [5, 5.41) is 2.30. The molecule has 0 spiro atoms. The molecule has 11 heavy (non-hydrogen) atoms. The molecule has 1 heterocycles. The summed E-state index contributed by atoms with van der Waals surface area (Å²) >= 11 is 0. The molecule has 0 unspecified atom stereocenters. The van der Waals surface area contributed by atoms with Crippen LogP contribution in [0.5, 0.6) is 0 Å². The van der Waals surface area contributed by atoms with E-state index in [0.29, 0.717) is 0 Å². The first-order valence-corrected chi connectivity index (χ1v) is 3.12. The molecule has 62 valence electrons. The summed E-state index contributed by atoms with van der Waals surface area (Å²) < 4.78 is 4.63. The van der Waals surface area contributed by atoms with Crippen LogP contribution in [-0.4, -0.2) is 24.1 Å². The second-order valence-corrected chi connectivity index (χ2v) is 2.24. The maximum atomic E-state index is 10.8. The fourth-order valence-electron chi connectivity index (χ4n) is 0.884. The lowest BCUT2D eigenvalue weighted by Crippen LogP contribution is -2.48. The van der Waals surface area contributed by atoms with Gasteiger partial charge >= 0.3 is 6.09 Å².